The Kier molecular flexibility index (Phi) is 3.29. The number of rotatable bonds is 3. The van der Waals surface area contributed by atoms with Crippen LogP contribution in [0.15, 0.2) is 24.3 Å². The van der Waals surface area contributed by atoms with Crippen molar-refractivity contribution >= 4 is 22.4 Å². The quantitative estimate of drug-likeness (QED) is 0.903. The molecule has 0 radical (unpaired) electrons. The Labute approximate surface area is 134 Å². The van der Waals surface area contributed by atoms with Crippen molar-refractivity contribution in [1.82, 2.24) is 4.57 Å². The van der Waals surface area contributed by atoms with Crippen molar-refractivity contribution in [3.05, 3.63) is 41.3 Å². The van der Waals surface area contributed by atoms with E-state index in [2.05, 4.69) is 16.7 Å². The summed E-state index contributed by atoms with van der Waals surface area (Å²) in [6.07, 6.45) is 6.19. The first-order valence-electron chi connectivity index (χ1n) is 8.31. The van der Waals surface area contributed by atoms with Crippen molar-refractivity contribution in [2.75, 3.05) is 0 Å². The van der Waals surface area contributed by atoms with Crippen molar-refractivity contribution < 1.29 is 14.3 Å². The number of carbonyl (C=O) groups is 1. The van der Waals surface area contributed by atoms with Crippen LogP contribution in [0.4, 0.5) is 4.39 Å². The average Bonchev–Trinajstić information content (AvgIpc) is 3.22. The molecule has 0 fully saturated rings. The van der Waals surface area contributed by atoms with Crippen LogP contribution < -0.4 is 0 Å². The first kappa shape index (κ1) is 14.5. The Balaban J connectivity index is 1.89. The number of benzene rings is 1. The number of aryl methyl sites for hydroxylation is 1. The van der Waals surface area contributed by atoms with Gasteiger partial charge in [0.1, 0.15) is 5.82 Å². The van der Waals surface area contributed by atoms with E-state index in [1.807, 2.05) is 0 Å². The highest BCUT2D eigenvalue weighted by Gasteiger charge is 2.33. The standard InChI is InChI=1S/C19H20FNO2/c1-11(19(22)23)14-6-7-21-17-9-13(20)8-15(12-4-2-3-5-12)16(17)10-18(14)21/h4,8-11,14H,2-3,5-7H2,1H3,(H,22,23). The molecule has 0 saturated carbocycles. The fourth-order valence-electron chi connectivity index (χ4n) is 4.18. The molecule has 23 heavy (non-hydrogen) atoms. The largest absolute Gasteiger partial charge is 0.481 e. The highest BCUT2D eigenvalue weighted by Crippen LogP contribution is 2.42. The highest BCUT2D eigenvalue weighted by atomic mass is 19.1. The molecular weight excluding hydrogens is 293 g/mol. The molecule has 2 aliphatic rings. The third-order valence-corrected chi connectivity index (χ3v) is 5.44. The van der Waals surface area contributed by atoms with Crippen LogP contribution in [-0.4, -0.2) is 15.6 Å². The summed E-state index contributed by atoms with van der Waals surface area (Å²) in [6.45, 7) is 2.53. The van der Waals surface area contributed by atoms with E-state index in [0.717, 1.165) is 54.4 Å². The number of aliphatic carboxylic acids is 1. The minimum absolute atomic E-state index is 0.00775. The van der Waals surface area contributed by atoms with Crippen LogP contribution in [0.2, 0.25) is 0 Å². The third-order valence-electron chi connectivity index (χ3n) is 5.44. The topological polar surface area (TPSA) is 42.2 Å². The molecular formula is C19H20FNO2. The normalized spacial score (nSPS) is 21.5. The van der Waals surface area contributed by atoms with E-state index < -0.39 is 11.9 Å². The molecule has 1 aliphatic heterocycles. The van der Waals surface area contributed by atoms with Crippen LogP contribution in [-0.2, 0) is 11.3 Å². The smallest absolute Gasteiger partial charge is 0.306 e. The van der Waals surface area contributed by atoms with E-state index in [1.54, 1.807) is 19.1 Å². The molecule has 120 valence electrons. The van der Waals surface area contributed by atoms with Crippen LogP contribution in [0.5, 0.6) is 0 Å². The van der Waals surface area contributed by atoms with Gasteiger partial charge in [-0.15, -0.1) is 0 Å². The second-order valence-corrected chi connectivity index (χ2v) is 6.75. The van der Waals surface area contributed by atoms with Crippen LogP contribution >= 0.6 is 0 Å². The van der Waals surface area contributed by atoms with Crippen LogP contribution in [0, 0.1) is 11.7 Å². The number of hydrogen-bond acceptors (Lipinski definition) is 1. The second-order valence-electron chi connectivity index (χ2n) is 6.75. The van der Waals surface area contributed by atoms with Gasteiger partial charge in [-0.3, -0.25) is 4.79 Å². The van der Waals surface area contributed by atoms with Crippen LogP contribution in [0.1, 0.15) is 49.8 Å². The van der Waals surface area contributed by atoms with E-state index in [-0.39, 0.29) is 11.7 Å². The Morgan fingerprint density at radius 3 is 2.91 bits per heavy atom. The Morgan fingerprint density at radius 2 is 2.22 bits per heavy atom. The number of halogens is 1. The van der Waals surface area contributed by atoms with Crippen LogP contribution in [0.25, 0.3) is 16.5 Å². The lowest BCUT2D eigenvalue weighted by atomic mass is 9.89. The van der Waals surface area contributed by atoms with Gasteiger partial charge in [0.05, 0.1) is 11.4 Å². The number of aromatic nitrogens is 1. The molecule has 2 atom stereocenters. The van der Waals surface area contributed by atoms with Gasteiger partial charge in [0, 0.05) is 23.5 Å². The molecule has 4 rings (SSSR count). The molecule has 1 N–H and O–H groups in total. The predicted octanol–water partition coefficient (Wildman–Crippen LogP) is 4.56. The summed E-state index contributed by atoms with van der Waals surface area (Å²) in [4.78, 5) is 11.4. The van der Waals surface area contributed by atoms with Crippen LogP contribution in [0.3, 0.4) is 0 Å². The number of carboxylic acids is 1. The zero-order chi connectivity index (χ0) is 16.1. The van der Waals surface area contributed by atoms with Gasteiger partial charge in [-0.25, -0.2) is 4.39 Å². The molecule has 2 unspecified atom stereocenters. The highest BCUT2D eigenvalue weighted by molar-refractivity contribution is 5.94. The maximum absolute atomic E-state index is 14.1. The maximum Gasteiger partial charge on any atom is 0.306 e. The summed E-state index contributed by atoms with van der Waals surface area (Å²) >= 11 is 0. The molecule has 1 aliphatic carbocycles. The number of fused-ring (bicyclic) bond motifs is 3. The Morgan fingerprint density at radius 1 is 1.39 bits per heavy atom. The molecule has 4 heteroatoms. The van der Waals surface area contributed by atoms with Gasteiger partial charge in [0.2, 0.25) is 0 Å². The monoisotopic (exact) mass is 313 g/mol. The number of carboxylic acid groups (broad SMARTS) is 1. The van der Waals surface area contributed by atoms with Crippen molar-refractivity contribution in [3.63, 3.8) is 0 Å². The molecule has 3 nitrogen and oxygen atoms in total. The van der Waals surface area contributed by atoms with Gasteiger partial charge in [-0.1, -0.05) is 13.0 Å². The maximum atomic E-state index is 14.1. The molecule has 0 spiro atoms. The fraction of sp³-hybridized carbons (Fsp3) is 0.421. The second kappa shape index (κ2) is 5.22. The molecule has 1 aromatic heterocycles. The molecule has 1 aromatic carbocycles. The zero-order valence-corrected chi connectivity index (χ0v) is 13.2. The molecule has 0 saturated heterocycles. The van der Waals surface area contributed by atoms with Gasteiger partial charge in [-0.05, 0) is 55.0 Å². The molecule has 2 heterocycles. The summed E-state index contributed by atoms with van der Waals surface area (Å²) in [5.41, 5.74) is 4.16. The predicted molar refractivity (Wildman–Crippen MR) is 87.9 cm³/mol. The number of hydrogen-bond donors (Lipinski definition) is 1. The number of nitrogens with zero attached hydrogens (tertiary/aromatic N) is 1. The SMILES string of the molecule is CC(C(=O)O)C1CCn2c1cc1c(C3=CCCC3)cc(F)cc12. The minimum atomic E-state index is -0.765. The van der Waals surface area contributed by atoms with Gasteiger partial charge in [0.25, 0.3) is 0 Å². The first-order chi connectivity index (χ1) is 11.1. The first-order valence-corrected chi connectivity index (χ1v) is 8.31. The summed E-state index contributed by atoms with van der Waals surface area (Å²) in [6, 6.07) is 5.32. The van der Waals surface area contributed by atoms with E-state index in [0.29, 0.717) is 0 Å². The molecule has 0 amide bonds. The Hall–Kier alpha value is -2.10. The van der Waals surface area contributed by atoms with Crippen molar-refractivity contribution in [2.24, 2.45) is 5.92 Å². The molecule has 2 aromatic rings. The Bertz CT molecular complexity index is 833. The van der Waals surface area contributed by atoms with Gasteiger partial charge < -0.3 is 9.67 Å². The lowest BCUT2D eigenvalue weighted by Gasteiger charge is -2.13. The van der Waals surface area contributed by atoms with Gasteiger partial charge >= 0.3 is 5.97 Å². The summed E-state index contributed by atoms with van der Waals surface area (Å²) in [7, 11) is 0. The minimum Gasteiger partial charge on any atom is -0.481 e. The third kappa shape index (κ3) is 2.19. The number of allylic oxidation sites excluding steroid dienone is 2. The van der Waals surface area contributed by atoms with Crippen molar-refractivity contribution in [3.8, 4) is 0 Å². The molecule has 0 bridgehead atoms. The van der Waals surface area contributed by atoms with E-state index in [4.69, 9.17) is 0 Å². The lowest BCUT2D eigenvalue weighted by molar-refractivity contribution is -0.141. The van der Waals surface area contributed by atoms with Gasteiger partial charge in [0.15, 0.2) is 0 Å². The van der Waals surface area contributed by atoms with Crippen molar-refractivity contribution in [1.29, 1.82) is 0 Å². The van der Waals surface area contributed by atoms with E-state index >= 15 is 0 Å². The van der Waals surface area contributed by atoms with Gasteiger partial charge in [-0.2, -0.15) is 0 Å². The van der Waals surface area contributed by atoms with E-state index in [1.165, 1.54) is 5.57 Å². The van der Waals surface area contributed by atoms with E-state index in [9.17, 15) is 14.3 Å². The summed E-state index contributed by atoms with van der Waals surface area (Å²) < 4.78 is 16.3. The zero-order valence-electron chi connectivity index (χ0n) is 13.2. The van der Waals surface area contributed by atoms with Crippen molar-refractivity contribution in [2.45, 2.75) is 45.1 Å². The fourth-order valence-corrected chi connectivity index (χ4v) is 4.18. The average molecular weight is 313 g/mol. The summed E-state index contributed by atoms with van der Waals surface area (Å²) in [5, 5.41) is 10.4. The lowest BCUT2D eigenvalue weighted by Crippen LogP contribution is -2.17. The summed E-state index contributed by atoms with van der Waals surface area (Å²) in [5.74, 6) is -1.39.